The first-order chi connectivity index (χ1) is 15.8. The number of ether oxygens (including phenoxy) is 4. The fourth-order valence-corrected chi connectivity index (χ4v) is 4.75. The van der Waals surface area contributed by atoms with Gasteiger partial charge in [-0.05, 0) is 37.6 Å². The van der Waals surface area contributed by atoms with Gasteiger partial charge in [0.2, 0.25) is 0 Å². The maximum absolute atomic E-state index is 12.4. The number of rotatable bonds is 8. The van der Waals surface area contributed by atoms with Crippen LogP contribution in [0.25, 0.3) is 10.6 Å². The number of anilines is 1. The molecule has 1 amide bonds. The van der Waals surface area contributed by atoms with Gasteiger partial charge in [0.15, 0.2) is 23.8 Å². The molecule has 11 heteroatoms. The first-order valence-electron chi connectivity index (χ1n) is 9.62. The van der Waals surface area contributed by atoms with Crippen molar-refractivity contribution in [2.24, 2.45) is 0 Å². The second-order valence-corrected chi connectivity index (χ2v) is 8.79. The molecule has 3 rings (SSSR count). The number of amides is 1. The minimum Gasteiger partial charge on any atom is -0.493 e. The van der Waals surface area contributed by atoms with Crippen molar-refractivity contribution in [3.05, 3.63) is 45.3 Å². The summed E-state index contributed by atoms with van der Waals surface area (Å²) < 4.78 is 20.4. The van der Waals surface area contributed by atoms with Crippen LogP contribution in [0.4, 0.5) is 5.00 Å². The van der Waals surface area contributed by atoms with E-state index in [0.717, 1.165) is 16.0 Å². The number of hydrogen-bond donors (Lipinski definition) is 1. The summed E-state index contributed by atoms with van der Waals surface area (Å²) in [6, 6.07) is 5.30. The van der Waals surface area contributed by atoms with Gasteiger partial charge in [0.1, 0.15) is 10.0 Å². The lowest BCUT2D eigenvalue weighted by Gasteiger charge is -2.08. The number of esters is 2. The standard InChI is InChI=1S/C22H22N2O7S2/c1-11-12(2)33-20(18(11)22(27)30-5)24-17(25)9-31-21(26)14-10-32-19(23-14)13-6-7-15(28-3)16(8-13)29-4/h6-8,10H,9H2,1-5H3,(H,24,25). The van der Waals surface area contributed by atoms with Gasteiger partial charge in [-0.25, -0.2) is 14.6 Å². The molecule has 9 nitrogen and oxygen atoms in total. The highest BCUT2D eigenvalue weighted by molar-refractivity contribution is 7.16. The Balaban J connectivity index is 1.64. The Bertz CT molecular complexity index is 1200. The summed E-state index contributed by atoms with van der Waals surface area (Å²) >= 11 is 2.50. The number of aromatic nitrogens is 1. The predicted octanol–water partition coefficient (Wildman–Crippen LogP) is 4.09. The van der Waals surface area contributed by atoms with Crippen LogP contribution in [0.3, 0.4) is 0 Å². The first kappa shape index (κ1) is 24.2. The molecule has 0 aliphatic carbocycles. The fourth-order valence-electron chi connectivity index (χ4n) is 2.90. The minimum absolute atomic E-state index is 0.0793. The zero-order valence-corrected chi connectivity index (χ0v) is 20.3. The Morgan fingerprint density at radius 3 is 2.42 bits per heavy atom. The third-order valence-electron chi connectivity index (χ3n) is 4.71. The lowest BCUT2D eigenvalue weighted by atomic mass is 10.1. The largest absolute Gasteiger partial charge is 0.493 e. The molecular formula is C22H22N2O7S2. The number of carbonyl (C=O) groups is 3. The van der Waals surface area contributed by atoms with Crippen LogP contribution in [0.15, 0.2) is 23.6 Å². The van der Waals surface area contributed by atoms with Crippen molar-refractivity contribution >= 4 is 45.5 Å². The smallest absolute Gasteiger partial charge is 0.358 e. The lowest BCUT2D eigenvalue weighted by Crippen LogP contribution is -2.21. The van der Waals surface area contributed by atoms with E-state index in [1.54, 1.807) is 37.6 Å². The van der Waals surface area contributed by atoms with E-state index in [2.05, 4.69) is 10.3 Å². The van der Waals surface area contributed by atoms with E-state index >= 15 is 0 Å². The van der Waals surface area contributed by atoms with Crippen molar-refractivity contribution in [3.8, 4) is 22.1 Å². The quantitative estimate of drug-likeness (QED) is 0.470. The molecule has 0 spiro atoms. The molecular weight excluding hydrogens is 468 g/mol. The van der Waals surface area contributed by atoms with Crippen LogP contribution < -0.4 is 14.8 Å². The van der Waals surface area contributed by atoms with Crippen LogP contribution in [-0.2, 0) is 14.3 Å². The Hall–Kier alpha value is -3.44. The molecule has 0 atom stereocenters. The SMILES string of the molecule is COC(=O)c1c(NC(=O)COC(=O)c2csc(-c3ccc(OC)c(OC)c3)n2)sc(C)c1C. The Kier molecular flexibility index (Phi) is 7.67. The molecule has 2 aromatic heterocycles. The maximum atomic E-state index is 12.4. The first-order valence-corrected chi connectivity index (χ1v) is 11.3. The Morgan fingerprint density at radius 2 is 1.76 bits per heavy atom. The Morgan fingerprint density at radius 1 is 1.03 bits per heavy atom. The number of thiazole rings is 1. The second kappa shape index (κ2) is 10.5. The average Bonchev–Trinajstić information content (AvgIpc) is 3.41. The van der Waals surface area contributed by atoms with E-state index in [-0.39, 0.29) is 5.69 Å². The molecule has 0 unspecified atom stereocenters. The van der Waals surface area contributed by atoms with E-state index in [0.29, 0.717) is 27.1 Å². The van der Waals surface area contributed by atoms with E-state index in [1.165, 1.54) is 36.9 Å². The molecule has 1 N–H and O–H groups in total. The third kappa shape index (κ3) is 5.32. The molecule has 174 valence electrons. The number of nitrogens with zero attached hydrogens (tertiary/aromatic N) is 1. The van der Waals surface area contributed by atoms with Gasteiger partial charge in [-0.2, -0.15) is 0 Å². The van der Waals surface area contributed by atoms with Gasteiger partial charge in [0.25, 0.3) is 5.91 Å². The molecule has 0 fully saturated rings. The summed E-state index contributed by atoms with van der Waals surface area (Å²) in [5.41, 5.74) is 1.84. The van der Waals surface area contributed by atoms with Crippen LogP contribution in [0.5, 0.6) is 11.5 Å². The highest BCUT2D eigenvalue weighted by Gasteiger charge is 2.22. The summed E-state index contributed by atoms with van der Waals surface area (Å²) in [5.74, 6) is -0.745. The van der Waals surface area contributed by atoms with Crippen molar-refractivity contribution in [1.82, 2.24) is 4.98 Å². The summed E-state index contributed by atoms with van der Waals surface area (Å²) in [4.78, 5) is 41.9. The topological polar surface area (TPSA) is 113 Å². The minimum atomic E-state index is -0.736. The lowest BCUT2D eigenvalue weighted by molar-refractivity contribution is -0.119. The van der Waals surface area contributed by atoms with Crippen LogP contribution in [-0.4, -0.2) is 50.8 Å². The zero-order valence-electron chi connectivity index (χ0n) is 18.6. The molecule has 0 saturated carbocycles. The van der Waals surface area contributed by atoms with Gasteiger partial charge in [-0.3, -0.25) is 4.79 Å². The number of aryl methyl sites for hydroxylation is 1. The predicted molar refractivity (Wildman–Crippen MR) is 125 cm³/mol. The van der Waals surface area contributed by atoms with Gasteiger partial charge < -0.3 is 24.3 Å². The number of methoxy groups -OCH3 is 3. The maximum Gasteiger partial charge on any atom is 0.358 e. The van der Waals surface area contributed by atoms with Gasteiger partial charge in [-0.15, -0.1) is 22.7 Å². The van der Waals surface area contributed by atoms with Crippen LogP contribution >= 0.6 is 22.7 Å². The molecule has 0 saturated heterocycles. The van der Waals surface area contributed by atoms with Gasteiger partial charge in [0.05, 0.1) is 26.9 Å². The monoisotopic (exact) mass is 490 g/mol. The van der Waals surface area contributed by atoms with E-state index < -0.39 is 24.5 Å². The van der Waals surface area contributed by atoms with Crippen molar-refractivity contribution in [2.45, 2.75) is 13.8 Å². The molecule has 3 aromatic rings. The molecule has 0 aliphatic heterocycles. The average molecular weight is 491 g/mol. The summed E-state index contributed by atoms with van der Waals surface area (Å²) in [6.45, 7) is 3.07. The van der Waals surface area contributed by atoms with Gasteiger partial charge in [0, 0.05) is 15.8 Å². The van der Waals surface area contributed by atoms with Crippen LogP contribution in [0.2, 0.25) is 0 Å². The van der Waals surface area contributed by atoms with Gasteiger partial charge in [-0.1, -0.05) is 0 Å². The normalized spacial score (nSPS) is 10.5. The zero-order chi connectivity index (χ0) is 24.1. The molecule has 33 heavy (non-hydrogen) atoms. The summed E-state index contributed by atoms with van der Waals surface area (Å²) in [5, 5.41) is 5.09. The molecule has 0 aliphatic rings. The third-order valence-corrected chi connectivity index (χ3v) is 6.72. The molecule has 0 radical (unpaired) electrons. The molecule has 1 aromatic carbocycles. The highest BCUT2D eigenvalue weighted by Crippen LogP contribution is 2.34. The molecule has 2 heterocycles. The summed E-state index contributed by atoms with van der Waals surface area (Å²) in [6.07, 6.45) is 0. The van der Waals surface area contributed by atoms with E-state index in [1.807, 2.05) is 6.92 Å². The van der Waals surface area contributed by atoms with E-state index in [9.17, 15) is 14.4 Å². The highest BCUT2D eigenvalue weighted by atomic mass is 32.1. The van der Waals surface area contributed by atoms with Crippen LogP contribution in [0, 0.1) is 13.8 Å². The number of hydrogen-bond acceptors (Lipinski definition) is 10. The number of carbonyl (C=O) groups excluding carboxylic acids is 3. The van der Waals surface area contributed by atoms with E-state index in [4.69, 9.17) is 18.9 Å². The number of benzene rings is 1. The van der Waals surface area contributed by atoms with Crippen molar-refractivity contribution in [3.63, 3.8) is 0 Å². The van der Waals surface area contributed by atoms with Gasteiger partial charge >= 0.3 is 11.9 Å². The van der Waals surface area contributed by atoms with Crippen molar-refractivity contribution in [1.29, 1.82) is 0 Å². The molecule has 0 bridgehead atoms. The number of nitrogens with one attached hydrogen (secondary N) is 1. The van der Waals surface area contributed by atoms with Crippen molar-refractivity contribution in [2.75, 3.05) is 33.3 Å². The van der Waals surface area contributed by atoms with Crippen molar-refractivity contribution < 1.29 is 33.3 Å². The van der Waals surface area contributed by atoms with Crippen LogP contribution in [0.1, 0.15) is 31.3 Å². The fraction of sp³-hybridized carbons (Fsp3) is 0.273. The Labute approximate surface area is 198 Å². The summed E-state index contributed by atoms with van der Waals surface area (Å²) in [7, 11) is 4.35. The second-order valence-electron chi connectivity index (χ2n) is 6.71. The number of thiophene rings is 1.